The van der Waals surface area contributed by atoms with Gasteiger partial charge >= 0.3 is 6.03 Å². The van der Waals surface area contributed by atoms with Crippen LogP contribution >= 0.6 is 11.6 Å². The molecule has 3 rings (SSSR count). The molecule has 5 nitrogen and oxygen atoms in total. The molecule has 2 aromatic carbocycles. The maximum Gasteiger partial charge on any atom is 0.321 e. The van der Waals surface area contributed by atoms with Gasteiger partial charge in [0.15, 0.2) is 0 Å². The fourth-order valence-electron chi connectivity index (χ4n) is 3.17. The molecule has 2 amide bonds. The van der Waals surface area contributed by atoms with Gasteiger partial charge in [0.05, 0.1) is 0 Å². The van der Waals surface area contributed by atoms with Crippen LogP contribution < -0.4 is 15.1 Å². The van der Waals surface area contributed by atoms with Gasteiger partial charge in [-0.1, -0.05) is 11.6 Å². The molecule has 0 atom stereocenters. The number of carbonyl (C=O) groups excluding carboxylic acids is 1. The second-order valence-electron chi connectivity index (χ2n) is 6.78. The summed E-state index contributed by atoms with van der Waals surface area (Å²) in [6, 6.07) is 13.8. The van der Waals surface area contributed by atoms with Crippen molar-refractivity contribution in [1.29, 1.82) is 0 Å². The van der Waals surface area contributed by atoms with E-state index in [1.165, 1.54) is 5.69 Å². The molecular formula is C20H25ClN4O. The van der Waals surface area contributed by atoms with Crippen LogP contribution in [0.2, 0.25) is 5.02 Å². The summed E-state index contributed by atoms with van der Waals surface area (Å²) in [6.45, 7) is 5.09. The Balaban J connectivity index is 1.56. The second kappa shape index (κ2) is 7.87. The molecular weight excluding hydrogens is 348 g/mol. The van der Waals surface area contributed by atoms with Gasteiger partial charge in [-0.15, -0.1) is 0 Å². The third-order valence-corrected chi connectivity index (χ3v) is 4.94. The highest BCUT2D eigenvalue weighted by atomic mass is 35.5. The smallest absolute Gasteiger partial charge is 0.321 e. The van der Waals surface area contributed by atoms with Crippen molar-refractivity contribution >= 4 is 34.7 Å². The number of nitrogens with one attached hydrogen (secondary N) is 1. The maximum absolute atomic E-state index is 12.5. The average Bonchev–Trinajstić information content (AvgIpc) is 2.62. The minimum Gasteiger partial charge on any atom is -0.378 e. The summed E-state index contributed by atoms with van der Waals surface area (Å²) in [5.41, 5.74) is 4.27. The SMILES string of the molecule is Cc1cc(Cl)ccc1N1CCN(C(=O)Nc2ccc(N(C)C)cc2)CC1. The lowest BCUT2D eigenvalue weighted by Gasteiger charge is -2.36. The minimum absolute atomic E-state index is 0.0462. The molecule has 6 heteroatoms. The molecule has 1 heterocycles. The zero-order valence-electron chi connectivity index (χ0n) is 15.5. The number of rotatable bonds is 3. The Hall–Kier alpha value is -2.40. The molecule has 0 unspecified atom stereocenters. The average molecular weight is 373 g/mol. The van der Waals surface area contributed by atoms with Crippen molar-refractivity contribution in [2.45, 2.75) is 6.92 Å². The van der Waals surface area contributed by atoms with Crippen LogP contribution in [0.3, 0.4) is 0 Å². The second-order valence-corrected chi connectivity index (χ2v) is 7.21. The van der Waals surface area contributed by atoms with Gasteiger partial charge in [0, 0.05) is 62.4 Å². The van der Waals surface area contributed by atoms with Gasteiger partial charge in [-0.3, -0.25) is 0 Å². The number of aryl methyl sites for hydroxylation is 1. The third kappa shape index (κ3) is 4.22. The molecule has 1 saturated heterocycles. The van der Waals surface area contributed by atoms with Gasteiger partial charge in [-0.05, 0) is 55.0 Å². The molecule has 1 aliphatic rings. The van der Waals surface area contributed by atoms with Crippen molar-refractivity contribution in [2.75, 3.05) is 55.4 Å². The first-order valence-corrected chi connectivity index (χ1v) is 9.16. The first-order chi connectivity index (χ1) is 12.4. The molecule has 1 fully saturated rings. The van der Waals surface area contributed by atoms with Crippen molar-refractivity contribution < 1.29 is 4.79 Å². The number of hydrogen-bond acceptors (Lipinski definition) is 3. The Morgan fingerprint density at radius 2 is 1.69 bits per heavy atom. The number of urea groups is 1. The van der Waals surface area contributed by atoms with E-state index in [4.69, 9.17) is 11.6 Å². The van der Waals surface area contributed by atoms with E-state index in [-0.39, 0.29) is 6.03 Å². The van der Waals surface area contributed by atoms with Crippen molar-refractivity contribution in [3.05, 3.63) is 53.1 Å². The Bertz CT molecular complexity index is 768. The van der Waals surface area contributed by atoms with Gasteiger partial charge in [0.1, 0.15) is 0 Å². The highest BCUT2D eigenvalue weighted by molar-refractivity contribution is 6.30. The van der Waals surface area contributed by atoms with Crippen molar-refractivity contribution in [1.82, 2.24) is 4.90 Å². The summed E-state index contributed by atoms with van der Waals surface area (Å²) in [7, 11) is 3.99. The highest BCUT2D eigenvalue weighted by Crippen LogP contribution is 2.25. The van der Waals surface area contributed by atoms with E-state index in [1.807, 2.05) is 60.3 Å². The predicted molar refractivity (Wildman–Crippen MR) is 110 cm³/mol. The maximum atomic E-state index is 12.5. The molecule has 1 aliphatic heterocycles. The van der Waals surface area contributed by atoms with Crippen LogP contribution in [-0.4, -0.2) is 51.2 Å². The number of amides is 2. The largest absolute Gasteiger partial charge is 0.378 e. The third-order valence-electron chi connectivity index (χ3n) is 4.70. The summed E-state index contributed by atoms with van der Waals surface area (Å²) >= 11 is 6.04. The Kier molecular flexibility index (Phi) is 5.57. The van der Waals surface area contributed by atoms with Crippen molar-refractivity contribution in [3.8, 4) is 0 Å². The summed E-state index contributed by atoms with van der Waals surface area (Å²) in [5.74, 6) is 0. The summed E-state index contributed by atoms with van der Waals surface area (Å²) < 4.78 is 0. The van der Waals surface area contributed by atoms with Gasteiger partial charge in [0.2, 0.25) is 0 Å². The standard InChI is InChI=1S/C20H25ClN4O/c1-15-14-16(21)4-9-19(15)24-10-12-25(13-11-24)20(26)22-17-5-7-18(8-6-17)23(2)3/h4-9,14H,10-13H2,1-3H3,(H,22,26). The van der Waals surface area contributed by atoms with E-state index >= 15 is 0 Å². The molecule has 26 heavy (non-hydrogen) atoms. The normalized spacial score (nSPS) is 14.3. The summed E-state index contributed by atoms with van der Waals surface area (Å²) in [4.78, 5) is 18.7. The van der Waals surface area contributed by atoms with Crippen LogP contribution in [0.1, 0.15) is 5.56 Å². The van der Waals surface area contributed by atoms with Crippen molar-refractivity contribution in [2.24, 2.45) is 0 Å². The fraction of sp³-hybridized carbons (Fsp3) is 0.350. The van der Waals surface area contributed by atoms with Gasteiger partial charge in [-0.25, -0.2) is 4.79 Å². The first kappa shape index (κ1) is 18.4. The van der Waals surface area contributed by atoms with Crippen LogP contribution in [0.25, 0.3) is 0 Å². The quantitative estimate of drug-likeness (QED) is 0.882. The van der Waals surface area contributed by atoms with Gasteiger partial charge in [0.25, 0.3) is 0 Å². The Morgan fingerprint density at radius 3 is 2.27 bits per heavy atom. The molecule has 138 valence electrons. The Labute approximate surface area is 160 Å². The van der Waals surface area contributed by atoms with E-state index in [1.54, 1.807) is 0 Å². The number of benzene rings is 2. The van der Waals surface area contributed by atoms with Crippen LogP contribution in [0, 0.1) is 6.92 Å². The van der Waals surface area contributed by atoms with Crippen LogP contribution in [0.4, 0.5) is 21.9 Å². The topological polar surface area (TPSA) is 38.8 Å². The monoisotopic (exact) mass is 372 g/mol. The van der Waals surface area contributed by atoms with Crippen LogP contribution in [0.15, 0.2) is 42.5 Å². The number of piperazine rings is 1. The van der Waals surface area contributed by atoms with Crippen molar-refractivity contribution in [3.63, 3.8) is 0 Å². The molecule has 0 saturated carbocycles. The lowest BCUT2D eigenvalue weighted by atomic mass is 10.1. The van der Waals surface area contributed by atoms with Crippen LogP contribution in [-0.2, 0) is 0 Å². The minimum atomic E-state index is -0.0462. The number of hydrogen-bond donors (Lipinski definition) is 1. The molecule has 1 N–H and O–H groups in total. The lowest BCUT2D eigenvalue weighted by Crippen LogP contribution is -2.50. The summed E-state index contributed by atoms with van der Waals surface area (Å²) in [6.07, 6.45) is 0. The summed E-state index contributed by atoms with van der Waals surface area (Å²) in [5, 5.41) is 3.74. The molecule has 0 radical (unpaired) electrons. The Morgan fingerprint density at radius 1 is 1.04 bits per heavy atom. The number of nitrogens with zero attached hydrogens (tertiary/aromatic N) is 3. The molecule has 0 spiro atoms. The molecule has 2 aromatic rings. The molecule has 0 bridgehead atoms. The van der Waals surface area contributed by atoms with Gasteiger partial charge < -0.3 is 20.0 Å². The first-order valence-electron chi connectivity index (χ1n) is 8.78. The van der Waals surface area contributed by atoms with E-state index in [0.29, 0.717) is 13.1 Å². The van der Waals surface area contributed by atoms with Gasteiger partial charge in [-0.2, -0.15) is 0 Å². The number of halogens is 1. The highest BCUT2D eigenvalue weighted by Gasteiger charge is 2.22. The lowest BCUT2D eigenvalue weighted by molar-refractivity contribution is 0.208. The molecule has 0 aliphatic carbocycles. The number of anilines is 3. The predicted octanol–water partition coefficient (Wildman–Crippen LogP) is 4.07. The van der Waals surface area contributed by atoms with E-state index in [9.17, 15) is 4.79 Å². The van der Waals surface area contributed by atoms with E-state index in [2.05, 4.69) is 23.2 Å². The zero-order valence-corrected chi connectivity index (χ0v) is 16.3. The van der Waals surface area contributed by atoms with E-state index < -0.39 is 0 Å². The molecule has 0 aromatic heterocycles. The van der Waals surface area contributed by atoms with Crippen LogP contribution in [0.5, 0.6) is 0 Å². The van der Waals surface area contributed by atoms with E-state index in [0.717, 1.165) is 35.1 Å². The number of carbonyl (C=O) groups is 1. The fourth-order valence-corrected chi connectivity index (χ4v) is 3.40. The zero-order chi connectivity index (χ0) is 18.7.